The standard InChI is InChI=1S/C25H25Cl2N3OS/c1-4-28-12-22-14(2)24(29-15(22)3)11-21-20-10-19(5-6-23(20)30-25(21)31)32-13-16-7-17(26)9-18(27)8-16/h5-11,28-29H,4,12-13H2,1-3H3,(H,30,31)/b21-11-. The zero-order valence-electron chi connectivity index (χ0n) is 18.2. The van der Waals surface area contributed by atoms with Crippen LogP contribution in [0.15, 0.2) is 41.3 Å². The van der Waals surface area contributed by atoms with Gasteiger partial charge in [-0.15, -0.1) is 11.8 Å². The fraction of sp³-hybridized carbons (Fsp3) is 0.240. The van der Waals surface area contributed by atoms with Crippen LogP contribution in [0.4, 0.5) is 5.69 Å². The summed E-state index contributed by atoms with van der Waals surface area (Å²) in [5.74, 6) is 0.658. The van der Waals surface area contributed by atoms with Crippen molar-refractivity contribution in [1.82, 2.24) is 10.3 Å². The number of rotatable bonds is 7. The van der Waals surface area contributed by atoms with Gasteiger partial charge in [0, 0.05) is 49.9 Å². The highest BCUT2D eigenvalue weighted by Crippen LogP contribution is 2.37. The first-order valence-corrected chi connectivity index (χ1v) is 12.2. The highest BCUT2D eigenvalue weighted by atomic mass is 35.5. The molecular formula is C25H25Cl2N3OS. The van der Waals surface area contributed by atoms with Gasteiger partial charge in [0.15, 0.2) is 0 Å². The van der Waals surface area contributed by atoms with Crippen molar-refractivity contribution in [3.05, 3.63) is 80.1 Å². The molecule has 1 aliphatic heterocycles. The first kappa shape index (κ1) is 23.0. The van der Waals surface area contributed by atoms with Crippen molar-refractivity contribution >= 4 is 58.2 Å². The van der Waals surface area contributed by atoms with E-state index in [9.17, 15) is 4.79 Å². The van der Waals surface area contributed by atoms with Crippen LogP contribution in [-0.2, 0) is 17.1 Å². The summed E-state index contributed by atoms with van der Waals surface area (Å²) in [7, 11) is 0. The van der Waals surface area contributed by atoms with E-state index in [1.165, 1.54) is 11.1 Å². The Hall–Kier alpha value is -2.18. The van der Waals surface area contributed by atoms with Gasteiger partial charge in [-0.1, -0.05) is 30.1 Å². The predicted octanol–water partition coefficient (Wildman–Crippen LogP) is 6.83. The van der Waals surface area contributed by atoms with Crippen molar-refractivity contribution in [2.75, 3.05) is 11.9 Å². The summed E-state index contributed by atoms with van der Waals surface area (Å²) >= 11 is 13.9. The lowest BCUT2D eigenvalue weighted by molar-refractivity contribution is -0.110. The molecule has 1 aromatic heterocycles. The van der Waals surface area contributed by atoms with E-state index in [1.807, 2.05) is 30.3 Å². The maximum absolute atomic E-state index is 12.7. The number of carbonyl (C=O) groups is 1. The van der Waals surface area contributed by atoms with Gasteiger partial charge < -0.3 is 15.6 Å². The summed E-state index contributed by atoms with van der Waals surface area (Å²) in [6.07, 6.45) is 1.96. The Balaban J connectivity index is 1.60. The van der Waals surface area contributed by atoms with E-state index in [0.717, 1.165) is 51.9 Å². The third-order valence-electron chi connectivity index (χ3n) is 5.57. The van der Waals surface area contributed by atoms with Gasteiger partial charge in [0.1, 0.15) is 0 Å². The Morgan fingerprint density at radius 3 is 2.56 bits per heavy atom. The summed E-state index contributed by atoms with van der Waals surface area (Å²) in [4.78, 5) is 17.3. The molecule has 0 aliphatic carbocycles. The minimum Gasteiger partial charge on any atom is -0.359 e. The zero-order chi connectivity index (χ0) is 22.8. The number of thioether (sulfide) groups is 1. The minimum absolute atomic E-state index is 0.0799. The van der Waals surface area contributed by atoms with Crippen molar-refractivity contribution < 1.29 is 4.79 Å². The normalized spacial score (nSPS) is 14.2. The number of aryl methyl sites for hydroxylation is 1. The first-order valence-electron chi connectivity index (χ1n) is 10.5. The number of hydrogen-bond acceptors (Lipinski definition) is 3. The molecule has 166 valence electrons. The number of H-pyrrole nitrogens is 1. The van der Waals surface area contributed by atoms with E-state index in [4.69, 9.17) is 23.2 Å². The van der Waals surface area contributed by atoms with Crippen LogP contribution in [0, 0.1) is 13.8 Å². The number of amides is 1. The van der Waals surface area contributed by atoms with Gasteiger partial charge in [0.25, 0.3) is 5.91 Å². The first-order chi connectivity index (χ1) is 15.4. The molecule has 0 spiro atoms. The fourth-order valence-corrected chi connectivity index (χ4v) is 5.32. The quantitative estimate of drug-likeness (QED) is 0.253. The van der Waals surface area contributed by atoms with Crippen LogP contribution in [-0.4, -0.2) is 17.4 Å². The molecule has 2 aromatic carbocycles. The zero-order valence-corrected chi connectivity index (χ0v) is 20.6. The molecule has 0 saturated carbocycles. The summed E-state index contributed by atoms with van der Waals surface area (Å²) in [6, 6.07) is 11.6. The van der Waals surface area contributed by atoms with Crippen LogP contribution in [0.3, 0.4) is 0 Å². The molecule has 0 atom stereocenters. The number of aromatic amines is 1. The molecule has 32 heavy (non-hydrogen) atoms. The molecule has 0 bridgehead atoms. The lowest BCUT2D eigenvalue weighted by Crippen LogP contribution is -2.12. The van der Waals surface area contributed by atoms with E-state index >= 15 is 0 Å². The van der Waals surface area contributed by atoms with Crippen LogP contribution in [0.2, 0.25) is 10.0 Å². The number of aromatic nitrogens is 1. The second-order valence-electron chi connectivity index (χ2n) is 7.83. The van der Waals surface area contributed by atoms with Gasteiger partial charge in [0.05, 0.1) is 5.57 Å². The van der Waals surface area contributed by atoms with Crippen LogP contribution < -0.4 is 10.6 Å². The number of benzene rings is 2. The lowest BCUT2D eigenvalue weighted by Gasteiger charge is -2.06. The summed E-state index contributed by atoms with van der Waals surface area (Å²) in [6.45, 7) is 7.99. The SMILES string of the molecule is CCNCc1c(C)[nH]c(/C=C2\C(=O)Nc3ccc(SCc4cc(Cl)cc(Cl)c4)cc32)c1C. The molecule has 0 saturated heterocycles. The fourth-order valence-electron chi connectivity index (χ4n) is 3.88. The van der Waals surface area contributed by atoms with Crippen LogP contribution in [0.25, 0.3) is 11.6 Å². The number of hydrogen-bond donors (Lipinski definition) is 3. The molecule has 7 heteroatoms. The Morgan fingerprint density at radius 2 is 1.84 bits per heavy atom. The molecule has 0 fully saturated rings. The molecule has 0 radical (unpaired) electrons. The van der Waals surface area contributed by atoms with E-state index < -0.39 is 0 Å². The largest absolute Gasteiger partial charge is 0.359 e. The number of anilines is 1. The average molecular weight is 486 g/mol. The van der Waals surface area contributed by atoms with E-state index in [0.29, 0.717) is 15.6 Å². The van der Waals surface area contributed by atoms with Gasteiger partial charge >= 0.3 is 0 Å². The third kappa shape index (κ3) is 4.91. The van der Waals surface area contributed by atoms with Gasteiger partial charge in [-0.05, 0) is 79.6 Å². The second kappa shape index (κ2) is 9.75. The Morgan fingerprint density at radius 1 is 1.09 bits per heavy atom. The topological polar surface area (TPSA) is 56.9 Å². The van der Waals surface area contributed by atoms with Crippen molar-refractivity contribution in [2.24, 2.45) is 0 Å². The van der Waals surface area contributed by atoms with E-state index in [2.05, 4.69) is 42.5 Å². The van der Waals surface area contributed by atoms with Gasteiger partial charge in [-0.25, -0.2) is 0 Å². The van der Waals surface area contributed by atoms with Crippen molar-refractivity contribution in [1.29, 1.82) is 0 Å². The maximum atomic E-state index is 12.7. The predicted molar refractivity (Wildman–Crippen MR) is 137 cm³/mol. The molecule has 3 aromatic rings. The Kier molecular flexibility index (Phi) is 7.01. The molecule has 4 rings (SSSR count). The number of fused-ring (bicyclic) bond motifs is 1. The number of carbonyl (C=O) groups excluding carboxylic acids is 1. The maximum Gasteiger partial charge on any atom is 0.256 e. The monoisotopic (exact) mass is 485 g/mol. The van der Waals surface area contributed by atoms with Crippen molar-refractivity contribution in [3.63, 3.8) is 0 Å². The van der Waals surface area contributed by atoms with Gasteiger partial charge in [-0.3, -0.25) is 4.79 Å². The van der Waals surface area contributed by atoms with Crippen molar-refractivity contribution in [2.45, 2.75) is 38.0 Å². The molecule has 1 amide bonds. The molecule has 2 heterocycles. The Bertz CT molecular complexity index is 1200. The smallest absolute Gasteiger partial charge is 0.256 e. The highest BCUT2D eigenvalue weighted by Gasteiger charge is 2.25. The van der Waals surface area contributed by atoms with Crippen LogP contribution in [0.5, 0.6) is 0 Å². The van der Waals surface area contributed by atoms with Crippen molar-refractivity contribution in [3.8, 4) is 0 Å². The molecule has 4 nitrogen and oxygen atoms in total. The molecule has 1 aliphatic rings. The summed E-state index contributed by atoms with van der Waals surface area (Å²) < 4.78 is 0. The molecule has 0 unspecified atom stereocenters. The average Bonchev–Trinajstić information content (AvgIpc) is 3.19. The second-order valence-corrected chi connectivity index (χ2v) is 9.76. The van der Waals surface area contributed by atoms with Crippen LogP contribution in [0.1, 0.15) is 40.6 Å². The lowest BCUT2D eigenvalue weighted by atomic mass is 10.0. The number of nitrogens with one attached hydrogen (secondary N) is 3. The van der Waals surface area contributed by atoms with Gasteiger partial charge in [0.2, 0.25) is 0 Å². The molecular weight excluding hydrogens is 461 g/mol. The summed E-state index contributed by atoms with van der Waals surface area (Å²) in [5, 5.41) is 7.62. The summed E-state index contributed by atoms with van der Waals surface area (Å²) in [5.41, 5.74) is 8.01. The van der Waals surface area contributed by atoms with Crippen LogP contribution >= 0.6 is 35.0 Å². The molecule has 3 N–H and O–H groups in total. The van der Waals surface area contributed by atoms with E-state index in [1.54, 1.807) is 17.8 Å². The van der Waals surface area contributed by atoms with E-state index in [-0.39, 0.29) is 5.91 Å². The highest BCUT2D eigenvalue weighted by molar-refractivity contribution is 7.98. The minimum atomic E-state index is -0.0799. The van der Waals surface area contributed by atoms with Gasteiger partial charge in [-0.2, -0.15) is 0 Å². The number of halogens is 2. The third-order valence-corrected chi connectivity index (χ3v) is 7.08. The Labute approximate surface area is 202 Å².